The summed E-state index contributed by atoms with van der Waals surface area (Å²) in [7, 11) is 1.63. The van der Waals surface area contributed by atoms with E-state index < -0.39 is 5.97 Å². The third-order valence-electron chi connectivity index (χ3n) is 6.01. The number of hydrogen-bond donors (Lipinski definition) is 0. The van der Waals surface area contributed by atoms with Gasteiger partial charge in [-0.2, -0.15) is 0 Å². The molecule has 0 bridgehead atoms. The van der Waals surface area contributed by atoms with Crippen LogP contribution in [0.25, 0.3) is 5.70 Å². The molecule has 2 aliphatic rings. The normalized spacial score (nSPS) is 15.5. The van der Waals surface area contributed by atoms with Gasteiger partial charge in [0.2, 0.25) is 0 Å². The van der Waals surface area contributed by atoms with Gasteiger partial charge in [0.05, 0.1) is 13.5 Å². The van der Waals surface area contributed by atoms with Crippen LogP contribution >= 0.6 is 0 Å². The maximum absolute atomic E-state index is 12.5. The smallest absolute Gasteiger partial charge is 0.308 e. The van der Waals surface area contributed by atoms with Crippen LogP contribution in [0.5, 0.6) is 5.75 Å². The van der Waals surface area contributed by atoms with E-state index in [1.807, 2.05) is 36.4 Å². The van der Waals surface area contributed by atoms with Gasteiger partial charge in [0.15, 0.2) is 6.61 Å². The van der Waals surface area contributed by atoms with E-state index >= 15 is 0 Å². The lowest BCUT2D eigenvalue weighted by Gasteiger charge is -2.36. The minimum absolute atomic E-state index is 0.00270. The molecule has 33 heavy (non-hydrogen) atoms. The second-order valence-corrected chi connectivity index (χ2v) is 7.93. The van der Waals surface area contributed by atoms with Crippen LogP contribution in [-0.2, 0) is 14.3 Å². The lowest BCUT2D eigenvalue weighted by atomic mass is 10.1. The van der Waals surface area contributed by atoms with Crippen molar-refractivity contribution in [2.75, 3.05) is 51.3 Å². The van der Waals surface area contributed by atoms with Gasteiger partial charge in [-0.05, 0) is 30.3 Å². The van der Waals surface area contributed by atoms with Gasteiger partial charge in [-0.15, -0.1) is 0 Å². The molecule has 8 heteroatoms. The molecule has 0 atom stereocenters. The van der Waals surface area contributed by atoms with Gasteiger partial charge in [-0.25, -0.2) is 0 Å². The highest BCUT2D eigenvalue weighted by molar-refractivity contribution is 6.08. The largest absolute Gasteiger partial charge is 0.497 e. The van der Waals surface area contributed by atoms with Crippen LogP contribution in [0.1, 0.15) is 22.3 Å². The molecule has 2 amide bonds. The first-order valence-corrected chi connectivity index (χ1v) is 10.9. The van der Waals surface area contributed by atoms with Crippen LogP contribution < -0.4 is 9.64 Å². The van der Waals surface area contributed by atoms with Crippen LogP contribution in [0.4, 0.5) is 5.69 Å². The van der Waals surface area contributed by atoms with E-state index in [1.54, 1.807) is 24.1 Å². The van der Waals surface area contributed by atoms with Crippen molar-refractivity contribution in [3.63, 3.8) is 0 Å². The Kier molecular flexibility index (Phi) is 6.63. The van der Waals surface area contributed by atoms with Crippen molar-refractivity contribution < 1.29 is 23.9 Å². The summed E-state index contributed by atoms with van der Waals surface area (Å²) in [6.07, 6.45) is -0.00270. The van der Waals surface area contributed by atoms with Gasteiger partial charge in [0, 0.05) is 55.2 Å². The standard InChI is InChI=1S/C25H27N3O5/c1-18-21-5-3-4-6-22(21)25(31)28(18)12-11-24(30)33-17-23(29)27-15-13-26(14-16-27)19-7-9-20(32-2)10-8-19/h3-10H,1,11-17H2,2H3. The van der Waals surface area contributed by atoms with Gasteiger partial charge >= 0.3 is 5.97 Å². The lowest BCUT2D eigenvalue weighted by molar-refractivity contribution is -0.152. The Hall–Kier alpha value is -3.81. The molecule has 2 aromatic carbocycles. The first kappa shape index (κ1) is 22.4. The number of esters is 1. The second kappa shape index (κ2) is 9.77. The van der Waals surface area contributed by atoms with Gasteiger partial charge in [-0.3, -0.25) is 14.4 Å². The minimum Gasteiger partial charge on any atom is -0.497 e. The van der Waals surface area contributed by atoms with E-state index in [0.29, 0.717) is 37.4 Å². The minimum atomic E-state index is -0.517. The van der Waals surface area contributed by atoms with Crippen molar-refractivity contribution in [2.24, 2.45) is 0 Å². The zero-order valence-corrected chi connectivity index (χ0v) is 18.7. The first-order chi connectivity index (χ1) is 16.0. The Balaban J connectivity index is 1.19. The van der Waals surface area contributed by atoms with Crippen molar-refractivity contribution in [1.82, 2.24) is 9.80 Å². The summed E-state index contributed by atoms with van der Waals surface area (Å²) >= 11 is 0. The Labute approximate surface area is 193 Å². The maximum Gasteiger partial charge on any atom is 0.308 e. The molecule has 1 saturated heterocycles. The number of amides is 2. The Morgan fingerprint density at radius 3 is 2.27 bits per heavy atom. The monoisotopic (exact) mass is 449 g/mol. The van der Waals surface area contributed by atoms with E-state index in [0.717, 1.165) is 17.0 Å². The zero-order valence-electron chi connectivity index (χ0n) is 18.7. The molecular formula is C25H27N3O5. The molecule has 0 aliphatic carbocycles. The van der Waals surface area contributed by atoms with E-state index in [2.05, 4.69) is 11.5 Å². The fourth-order valence-electron chi connectivity index (χ4n) is 4.09. The Morgan fingerprint density at radius 1 is 0.970 bits per heavy atom. The van der Waals surface area contributed by atoms with Gasteiger partial charge in [0.1, 0.15) is 5.75 Å². The molecule has 0 N–H and O–H groups in total. The van der Waals surface area contributed by atoms with Crippen molar-refractivity contribution >= 4 is 29.2 Å². The summed E-state index contributed by atoms with van der Waals surface area (Å²) in [6.45, 7) is 6.35. The van der Waals surface area contributed by atoms with Gasteiger partial charge in [0.25, 0.3) is 11.8 Å². The topological polar surface area (TPSA) is 79.4 Å². The highest BCUT2D eigenvalue weighted by Gasteiger charge is 2.31. The number of rotatable bonds is 7. The molecule has 0 radical (unpaired) electrons. The third kappa shape index (κ3) is 4.84. The second-order valence-electron chi connectivity index (χ2n) is 7.93. The highest BCUT2D eigenvalue weighted by atomic mass is 16.5. The van der Waals surface area contributed by atoms with Gasteiger partial charge < -0.3 is 24.2 Å². The number of methoxy groups -OCH3 is 1. The zero-order chi connectivity index (χ0) is 23.4. The van der Waals surface area contributed by atoms with Crippen LogP contribution in [0.3, 0.4) is 0 Å². The fourth-order valence-corrected chi connectivity index (χ4v) is 4.09. The molecule has 4 rings (SSSR count). The van der Waals surface area contributed by atoms with Crippen LogP contribution in [0.15, 0.2) is 55.1 Å². The predicted octanol–water partition coefficient (Wildman–Crippen LogP) is 2.40. The van der Waals surface area contributed by atoms with Crippen LogP contribution in [0, 0.1) is 0 Å². The SMILES string of the molecule is C=C1c2ccccc2C(=O)N1CCC(=O)OCC(=O)N1CCN(c2ccc(OC)cc2)CC1. The summed E-state index contributed by atoms with van der Waals surface area (Å²) < 4.78 is 10.4. The van der Waals surface area contributed by atoms with E-state index in [1.165, 1.54) is 4.90 Å². The van der Waals surface area contributed by atoms with Gasteiger partial charge in [-0.1, -0.05) is 24.8 Å². The number of fused-ring (bicyclic) bond motifs is 1. The molecule has 8 nitrogen and oxygen atoms in total. The quantitative estimate of drug-likeness (QED) is 0.604. The number of benzene rings is 2. The number of piperazine rings is 1. The van der Waals surface area contributed by atoms with E-state index in [9.17, 15) is 14.4 Å². The number of carbonyl (C=O) groups excluding carboxylic acids is 3. The maximum atomic E-state index is 12.5. The molecule has 1 fully saturated rings. The van der Waals surface area contributed by atoms with Crippen LogP contribution in [-0.4, -0.2) is 74.0 Å². The summed E-state index contributed by atoms with van der Waals surface area (Å²) in [5.41, 5.74) is 3.02. The van der Waals surface area contributed by atoms with Crippen molar-refractivity contribution in [3.05, 3.63) is 66.2 Å². The molecule has 172 valence electrons. The number of ether oxygens (including phenoxy) is 2. The average Bonchev–Trinajstić information content (AvgIpc) is 3.11. The summed E-state index contributed by atoms with van der Waals surface area (Å²) in [6, 6.07) is 15.0. The van der Waals surface area contributed by atoms with Crippen molar-refractivity contribution in [2.45, 2.75) is 6.42 Å². The Bertz CT molecular complexity index is 1020. The van der Waals surface area contributed by atoms with Crippen LogP contribution in [0.2, 0.25) is 0 Å². The molecule has 2 aromatic rings. The highest BCUT2D eigenvalue weighted by Crippen LogP contribution is 2.31. The number of carbonyl (C=O) groups is 3. The molecule has 0 spiro atoms. The Morgan fingerprint density at radius 2 is 1.64 bits per heavy atom. The molecule has 0 aromatic heterocycles. The lowest BCUT2D eigenvalue weighted by Crippen LogP contribution is -2.49. The first-order valence-electron chi connectivity index (χ1n) is 10.9. The summed E-state index contributed by atoms with van der Waals surface area (Å²) in [5, 5.41) is 0. The predicted molar refractivity (Wildman–Crippen MR) is 124 cm³/mol. The number of anilines is 1. The van der Waals surface area contributed by atoms with E-state index in [4.69, 9.17) is 9.47 Å². The van der Waals surface area contributed by atoms with E-state index in [-0.39, 0.29) is 31.4 Å². The number of nitrogens with zero attached hydrogens (tertiary/aromatic N) is 3. The van der Waals surface area contributed by atoms with Crippen molar-refractivity contribution in [1.29, 1.82) is 0 Å². The summed E-state index contributed by atoms with van der Waals surface area (Å²) in [4.78, 5) is 42.5. The van der Waals surface area contributed by atoms with Crippen molar-refractivity contribution in [3.8, 4) is 5.75 Å². The third-order valence-corrected chi connectivity index (χ3v) is 6.01. The molecular weight excluding hydrogens is 422 g/mol. The summed E-state index contributed by atoms with van der Waals surface area (Å²) in [5.74, 6) is -0.102. The molecule has 0 saturated carbocycles. The molecule has 0 unspecified atom stereocenters. The fraction of sp³-hybridized carbons (Fsp3) is 0.320. The number of hydrogen-bond acceptors (Lipinski definition) is 6. The molecule has 2 heterocycles. The molecule has 2 aliphatic heterocycles. The average molecular weight is 450 g/mol.